The average Bonchev–Trinajstić information content (AvgIpc) is 3.17. The highest BCUT2D eigenvalue weighted by molar-refractivity contribution is 7.99. The van der Waals surface area contributed by atoms with Gasteiger partial charge in [-0.1, -0.05) is 56.3 Å². The molecule has 7 nitrogen and oxygen atoms in total. The zero-order chi connectivity index (χ0) is 26.0. The Bertz CT molecular complexity index is 1630. The van der Waals surface area contributed by atoms with Gasteiger partial charge in [-0.05, 0) is 34.4 Å². The van der Waals surface area contributed by atoms with E-state index in [2.05, 4.69) is 42.8 Å². The van der Waals surface area contributed by atoms with Gasteiger partial charge in [0.2, 0.25) is 10.0 Å². The average molecular weight is 546 g/mol. The van der Waals surface area contributed by atoms with Crippen LogP contribution in [0.15, 0.2) is 56.9 Å². The summed E-state index contributed by atoms with van der Waals surface area (Å²) in [5, 5.41) is 2.90. The van der Waals surface area contributed by atoms with Crippen molar-refractivity contribution in [3.63, 3.8) is 0 Å². The number of rotatable bonds is 10. The second kappa shape index (κ2) is 10.9. The van der Waals surface area contributed by atoms with Gasteiger partial charge in [-0.25, -0.2) is 17.9 Å². The summed E-state index contributed by atoms with van der Waals surface area (Å²) in [6, 6.07) is 14.5. The Kier molecular flexibility index (Phi) is 8.09. The van der Waals surface area contributed by atoms with Crippen molar-refractivity contribution in [2.45, 2.75) is 38.1 Å². The van der Waals surface area contributed by atoms with E-state index in [1.807, 2.05) is 18.2 Å². The van der Waals surface area contributed by atoms with Gasteiger partial charge in [-0.2, -0.15) is 0 Å². The Balaban J connectivity index is 1.82. The van der Waals surface area contributed by atoms with Crippen LogP contribution in [0.5, 0.6) is 0 Å². The van der Waals surface area contributed by atoms with Crippen LogP contribution in [0.25, 0.3) is 21.0 Å². The molecule has 4 rings (SSSR count). The van der Waals surface area contributed by atoms with Crippen LogP contribution >= 0.6 is 23.1 Å². The van der Waals surface area contributed by atoms with Crippen molar-refractivity contribution in [3.05, 3.63) is 73.7 Å². The van der Waals surface area contributed by atoms with Gasteiger partial charge >= 0.3 is 5.69 Å². The monoisotopic (exact) mass is 545 g/mol. The molecule has 0 bridgehead atoms. The molecule has 2 heterocycles. The molecule has 192 valence electrons. The lowest BCUT2D eigenvalue weighted by molar-refractivity contribution is 0.504. The molecule has 0 amide bonds. The number of thiophene rings is 1. The normalized spacial score (nSPS) is 12.2. The molecule has 2 aromatic carbocycles. The minimum absolute atomic E-state index is 0.241. The van der Waals surface area contributed by atoms with E-state index in [0.29, 0.717) is 41.9 Å². The van der Waals surface area contributed by atoms with E-state index in [4.69, 9.17) is 0 Å². The van der Waals surface area contributed by atoms with Gasteiger partial charge < -0.3 is 0 Å². The third-order valence-corrected chi connectivity index (χ3v) is 9.21. The number of thioether (sulfide) groups is 1. The van der Waals surface area contributed by atoms with Crippen molar-refractivity contribution >= 4 is 54.1 Å². The molecule has 0 saturated carbocycles. The number of benzene rings is 2. The summed E-state index contributed by atoms with van der Waals surface area (Å²) < 4.78 is 28.3. The summed E-state index contributed by atoms with van der Waals surface area (Å²) in [6.07, 6.45) is 2.41. The summed E-state index contributed by atoms with van der Waals surface area (Å²) in [4.78, 5) is 29.0. The second-order valence-electron chi connectivity index (χ2n) is 9.37. The predicted octanol–water partition coefficient (Wildman–Crippen LogP) is 4.19. The molecule has 0 aliphatic carbocycles. The van der Waals surface area contributed by atoms with Crippen LogP contribution in [-0.4, -0.2) is 36.1 Å². The molecule has 0 radical (unpaired) electrons. The van der Waals surface area contributed by atoms with Crippen LogP contribution in [0.3, 0.4) is 0 Å². The Morgan fingerprint density at radius 1 is 1.08 bits per heavy atom. The largest absolute Gasteiger partial charge is 0.331 e. The molecule has 0 aliphatic heterocycles. The van der Waals surface area contributed by atoms with Gasteiger partial charge in [0, 0.05) is 36.3 Å². The maximum Gasteiger partial charge on any atom is 0.331 e. The Morgan fingerprint density at radius 2 is 1.81 bits per heavy atom. The molecular formula is C26H31N3O4S3. The van der Waals surface area contributed by atoms with E-state index >= 15 is 0 Å². The highest BCUT2D eigenvalue weighted by Crippen LogP contribution is 2.38. The number of hydrogen-bond acceptors (Lipinski definition) is 6. The number of nitrogens with one attached hydrogen (secondary N) is 1. The molecule has 36 heavy (non-hydrogen) atoms. The predicted molar refractivity (Wildman–Crippen MR) is 151 cm³/mol. The lowest BCUT2D eigenvalue weighted by Crippen LogP contribution is -2.38. The molecule has 2 aromatic heterocycles. The summed E-state index contributed by atoms with van der Waals surface area (Å²) in [6.45, 7) is 4.97. The quantitative estimate of drug-likeness (QED) is 0.238. The van der Waals surface area contributed by atoms with Gasteiger partial charge in [-0.3, -0.25) is 13.9 Å². The van der Waals surface area contributed by atoms with Gasteiger partial charge in [0.05, 0.1) is 11.6 Å². The fourth-order valence-corrected chi connectivity index (χ4v) is 7.42. The summed E-state index contributed by atoms with van der Waals surface area (Å²) in [5.74, 6) is 0.883. The fraction of sp³-hybridized carbons (Fsp3) is 0.385. The van der Waals surface area contributed by atoms with Crippen LogP contribution in [0.1, 0.15) is 30.7 Å². The van der Waals surface area contributed by atoms with E-state index in [1.165, 1.54) is 28.3 Å². The van der Waals surface area contributed by atoms with Crippen LogP contribution in [-0.2, 0) is 30.0 Å². The number of fused-ring (bicyclic) bond motifs is 2. The number of sulfonamides is 1. The molecule has 0 atom stereocenters. The maximum atomic E-state index is 13.4. The van der Waals surface area contributed by atoms with Gasteiger partial charge in [0.25, 0.3) is 5.56 Å². The molecule has 0 spiro atoms. The van der Waals surface area contributed by atoms with E-state index in [9.17, 15) is 18.0 Å². The number of nitrogens with zero attached hydrogens (tertiary/aromatic N) is 2. The first-order chi connectivity index (χ1) is 17.1. The summed E-state index contributed by atoms with van der Waals surface area (Å²) in [7, 11) is -1.71. The molecule has 1 N–H and O–H groups in total. The van der Waals surface area contributed by atoms with Crippen molar-refractivity contribution in [2.24, 2.45) is 13.0 Å². The Labute approximate surface area is 219 Å². The SMILES string of the molecule is CC(C)Cn1c(=O)n(C)c(=O)c2c(SCCCNS(C)(=O)=O)c(Cc3cccc4ccccc34)sc21. The third kappa shape index (κ3) is 5.77. The third-order valence-electron chi connectivity index (χ3n) is 5.91. The van der Waals surface area contributed by atoms with Gasteiger partial charge in [0.15, 0.2) is 0 Å². The number of aromatic nitrogens is 2. The fourth-order valence-electron chi connectivity index (χ4n) is 4.27. The Morgan fingerprint density at radius 3 is 2.53 bits per heavy atom. The van der Waals surface area contributed by atoms with E-state index in [0.717, 1.165) is 27.0 Å². The van der Waals surface area contributed by atoms with Gasteiger partial charge in [0.1, 0.15) is 4.83 Å². The smallest absolute Gasteiger partial charge is 0.284 e. The van der Waals surface area contributed by atoms with Crippen LogP contribution in [0.2, 0.25) is 0 Å². The minimum atomic E-state index is -3.25. The van der Waals surface area contributed by atoms with Crippen molar-refractivity contribution in [2.75, 3.05) is 18.6 Å². The zero-order valence-corrected chi connectivity index (χ0v) is 23.4. The lowest BCUT2D eigenvalue weighted by Gasteiger charge is -2.12. The van der Waals surface area contributed by atoms with Crippen molar-refractivity contribution in [1.29, 1.82) is 0 Å². The van der Waals surface area contributed by atoms with Crippen LogP contribution < -0.4 is 16.0 Å². The molecule has 4 aromatic rings. The number of hydrogen-bond donors (Lipinski definition) is 1. The highest BCUT2D eigenvalue weighted by atomic mass is 32.2. The summed E-state index contributed by atoms with van der Waals surface area (Å²) >= 11 is 3.08. The topological polar surface area (TPSA) is 90.2 Å². The van der Waals surface area contributed by atoms with E-state index in [-0.39, 0.29) is 17.2 Å². The van der Waals surface area contributed by atoms with E-state index in [1.54, 1.807) is 16.3 Å². The summed E-state index contributed by atoms with van der Waals surface area (Å²) in [5.41, 5.74) is 0.579. The highest BCUT2D eigenvalue weighted by Gasteiger charge is 2.22. The molecule has 0 saturated heterocycles. The van der Waals surface area contributed by atoms with Crippen molar-refractivity contribution in [1.82, 2.24) is 13.9 Å². The first-order valence-electron chi connectivity index (χ1n) is 11.9. The molecular weight excluding hydrogens is 515 g/mol. The maximum absolute atomic E-state index is 13.4. The first-order valence-corrected chi connectivity index (χ1v) is 15.6. The lowest BCUT2D eigenvalue weighted by atomic mass is 10.0. The van der Waals surface area contributed by atoms with Crippen LogP contribution in [0.4, 0.5) is 0 Å². The minimum Gasteiger partial charge on any atom is -0.284 e. The zero-order valence-electron chi connectivity index (χ0n) is 20.9. The Hall–Kier alpha value is -2.40. The molecule has 0 aliphatic rings. The standard InChI is InChI=1S/C26H31N3O4S3/c1-17(2)16-29-25-22(24(30)28(3)26(29)31)23(34-14-8-13-27-36(4,32)33)21(35-25)15-19-11-7-10-18-9-5-6-12-20(18)19/h5-7,9-12,17,27H,8,13-16H2,1-4H3. The first kappa shape index (κ1) is 26.7. The van der Waals surface area contributed by atoms with E-state index < -0.39 is 10.0 Å². The van der Waals surface area contributed by atoms with Crippen molar-refractivity contribution < 1.29 is 8.42 Å². The molecule has 0 unspecified atom stereocenters. The van der Waals surface area contributed by atoms with Gasteiger partial charge in [-0.15, -0.1) is 23.1 Å². The second-order valence-corrected chi connectivity index (χ2v) is 13.4. The molecule has 0 fully saturated rings. The molecule has 10 heteroatoms. The van der Waals surface area contributed by atoms with Crippen molar-refractivity contribution in [3.8, 4) is 0 Å². The van der Waals surface area contributed by atoms with Crippen LogP contribution in [0, 0.1) is 5.92 Å².